The van der Waals surface area contributed by atoms with Gasteiger partial charge >= 0.3 is 6.61 Å². The number of anilines is 1. The van der Waals surface area contributed by atoms with Crippen LogP contribution in [-0.4, -0.2) is 12.7 Å². The van der Waals surface area contributed by atoms with E-state index in [1.807, 2.05) is 0 Å². The van der Waals surface area contributed by atoms with Gasteiger partial charge in [-0.3, -0.25) is 0 Å². The van der Waals surface area contributed by atoms with Crippen LogP contribution in [0.25, 0.3) is 0 Å². The van der Waals surface area contributed by atoms with E-state index in [4.69, 9.17) is 23.2 Å². The Bertz CT molecular complexity index is 485. The normalized spacial score (nSPS) is 21.4. The lowest BCUT2D eigenvalue weighted by Crippen LogP contribution is -2.31. The van der Waals surface area contributed by atoms with E-state index in [1.165, 1.54) is 12.8 Å². The summed E-state index contributed by atoms with van der Waals surface area (Å²) in [6, 6.07) is 3.49. The summed E-state index contributed by atoms with van der Waals surface area (Å²) in [5.74, 6) is -0.178. The van der Waals surface area contributed by atoms with E-state index in [-0.39, 0.29) is 15.8 Å². The van der Waals surface area contributed by atoms with E-state index in [1.54, 1.807) is 12.1 Å². The summed E-state index contributed by atoms with van der Waals surface area (Å²) in [5.41, 5.74) is 1.04. The van der Waals surface area contributed by atoms with Gasteiger partial charge in [0.05, 0.1) is 10.0 Å². The topological polar surface area (TPSA) is 21.3 Å². The van der Waals surface area contributed by atoms with E-state index in [2.05, 4.69) is 23.9 Å². The van der Waals surface area contributed by atoms with Gasteiger partial charge in [0, 0.05) is 11.7 Å². The molecule has 6 heteroatoms. The molecule has 0 aliphatic heterocycles. The summed E-state index contributed by atoms with van der Waals surface area (Å²) in [6.07, 6.45) is 4.51. The largest absolute Gasteiger partial charge is 0.432 e. The molecular formula is C15H19Cl2F2NO. The van der Waals surface area contributed by atoms with Gasteiger partial charge in [0.1, 0.15) is 0 Å². The van der Waals surface area contributed by atoms with Crippen molar-refractivity contribution in [1.29, 1.82) is 0 Å². The second-order valence-electron chi connectivity index (χ2n) is 6.25. The quantitative estimate of drug-likeness (QED) is 0.730. The van der Waals surface area contributed by atoms with E-state index in [0.717, 1.165) is 18.5 Å². The van der Waals surface area contributed by atoms with Gasteiger partial charge in [0.15, 0.2) is 5.75 Å². The molecule has 1 aromatic rings. The third-order valence-electron chi connectivity index (χ3n) is 3.78. The van der Waals surface area contributed by atoms with E-state index in [9.17, 15) is 8.78 Å². The molecule has 0 heterocycles. The Morgan fingerprint density at radius 1 is 1.29 bits per heavy atom. The number of ether oxygens (including phenoxy) is 1. The summed E-state index contributed by atoms with van der Waals surface area (Å²) >= 11 is 11.9. The van der Waals surface area contributed by atoms with Crippen molar-refractivity contribution in [3.05, 3.63) is 22.2 Å². The van der Waals surface area contributed by atoms with E-state index >= 15 is 0 Å². The SMILES string of the molecule is CC1(C)CCCC(Nc2cc(Cl)c(OC(F)F)c(Cl)c2)C1. The van der Waals surface area contributed by atoms with Crippen LogP contribution in [-0.2, 0) is 0 Å². The van der Waals surface area contributed by atoms with Gasteiger partial charge < -0.3 is 10.1 Å². The molecule has 2 nitrogen and oxygen atoms in total. The van der Waals surface area contributed by atoms with Crippen molar-refractivity contribution in [2.45, 2.75) is 52.2 Å². The summed E-state index contributed by atoms with van der Waals surface area (Å²) < 4.78 is 28.9. The van der Waals surface area contributed by atoms with Gasteiger partial charge in [0.2, 0.25) is 0 Å². The molecule has 1 aliphatic rings. The predicted octanol–water partition coefficient (Wildman–Crippen LogP) is 5.98. The molecule has 21 heavy (non-hydrogen) atoms. The molecule has 1 saturated carbocycles. The van der Waals surface area contributed by atoms with Crippen molar-refractivity contribution in [3.8, 4) is 5.75 Å². The van der Waals surface area contributed by atoms with Crippen molar-refractivity contribution >= 4 is 28.9 Å². The molecule has 1 fully saturated rings. The number of hydrogen-bond acceptors (Lipinski definition) is 2. The van der Waals surface area contributed by atoms with Crippen molar-refractivity contribution in [2.75, 3.05) is 5.32 Å². The smallest absolute Gasteiger partial charge is 0.387 e. The number of halogens is 4. The van der Waals surface area contributed by atoms with Gasteiger partial charge in [0.25, 0.3) is 0 Å². The molecule has 0 bridgehead atoms. The highest BCUT2D eigenvalue weighted by molar-refractivity contribution is 6.37. The summed E-state index contributed by atoms with van der Waals surface area (Å²) in [7, 11) is 0. The van der Waals surface area contributed by atoms with E-state index < -0.39 is 6.61 Å². The Kier molecular flexibility index (Phi) is 5.20. The lowest BCUT2D eigenvalue weighted by molar-refractivity contribution is -0.0497. The van der Waals surface area contributed by atoms with Gasteiger partial charge in [-0.1, -0.05) is 43.5 Å². The average Bonchev–Trinajstić information content (AvgIpc) is 2.32. The van der Waals surface area contributed by atoms with Crippen molar-refractivity contribution in [2.24, 2.45) is 5.41 Å². The Morgan fingerprint density at radius 2 is 1.90 bits per heavy atom. The third-order valence-corrected chi connectivity index (χ3v) is 4.34. The second kappa shape index (κ2) is 6.57. The molecule has 0 aromatic heterocycles. The van der Waals surface area contributed by atoms with Crippen LogP contribution in [0.3, 0.4) is 0 Å². The van der Waals surface area contributed by atoms with Crippen LogP contribution in [0.5, 0.6) is 5.75 Å². The highest BCUT2D eigenvalue weighted by atomic mass is 35.5. The standard InChI is InChI=1S/C15H19Cl2F2NO/c1-15(2)5-3-4-9(8-15)20-10-6-11(16)13(12(17)7-10)21-14(18)19/h6-7,9,14,20H,3-5,8H2,1-2H3. The lowest BCUT2D eigenvalue weighted by atomic mass is 9.75. The molecule has 1 aliphatic carbocycles. The number of nitrogens with one attached hydrogen (secondary N) is 1. The van der Waals surface area contributed by atoms with Gasteiger partial charge in [-0.15, -0.1) is 0 Å². The third kappa shape index (κ3) is 4.62. The zero-order valence-electron chi connectivity index (χ0n) is 12.1. The van der Waals surface area contributed by atoms with Gasteiger partial charge in [-0.05, 0) is 36.8 Å². The summed E-state index contributed by atoms with van der Waals surface area (Å²) in [5, 5.41) is 3.55. The predicted molar refractivity (Wildman–Crippen MR) is 82.8 cm³/mol. The molecule has 0 radical (unpaired) electrons. The van der Waals surface area contributed by atoms with Crippen LogP contribution in [0.2, 0.25) is 10.0 Å². The minimum absolute atomic E-state index is 0.0837. The van der Waals surface area contributed by atoms with Crippen molar-refractivity contribution < 1.29 is 13.5 Å². The number of hydrogen-bond donors (Lipinski definition) is 1. The highest BCUT2D eigenvalue weighted by Crippen LogP contribution is 2.39. The Hall–Kier alpha value is -0.740. The average molecular weight is 338 g/mol. The van der Waals surface area contributed by atoms with Gasteiger partial charge in [-0.2, -0.15) is 8.78 Å². The fourth-order valence-electron chi connectivity index (χ4n) is 2.90. The van der Waals surface area contributed by atoms with Crippen LogP contribution >= 0.6 is 23.2 Å². The Morgan fingerprint density at radius 3 is 2.43 bits per heavy atom. The monoisotopic (exact) mass is 337 g/mol. The molecule has 1 unspecified atom stereocenters. The molecule has 1 aromatic carbocycles. The minimum Gasteiger partial charge on any atom is -0.432 e. The molecule has 118 valence electrons. The van der Waals surface area contributed by atoms with Crippen LogP contribution in [0.15, 0.2) is 12.1 Å². The van der Waals surface area contributed by atoms with Crippen molar-refractivity contribution in [1.82, 2.24) is 0 Å². The van der Waals surface area contributed by atoms with Crippen LogP contribution < -0.4 is 10.1 Å². The minimum atomic E-state index is -2.95. The van der Waals surface area contributed by atoms with Crippen molar-refractivity contribution in [3.63, 3.8) is 0 Å². The first-order valence-corrected chi connectivity index (χ1v) is 7.73. The zero-order valence-corrected chi connectivity index (χ0v) is 13.6. The van der Waals surface area contributed by atoms with E-state index in [0.29, 0.717) is 11.5 Å². The molecular weight excluding hydrogens is 319 g/mol. The molecule has 0 amide bonds. The maximum Gasteiger partial charge on any atom is 0.387 e. The summed E-state index contributed by atoms with van der Waals surface area (Å²) in [4.78, 5) is 0. The highest BCUT2D eigenvalue weighted by Gasteiger charge is 2.28. The zero-order chi connectivity index (χ0) is 15.6. The first-order chi connectivity index (χ1) is 9.77. The first kappa shape index (κ1) is 16.6. The lowest BCUT2D eigenvalue weighted by Gasteiger charge is -2.36. The number of benzene rings is 1. The molecule has 0 saturated heterocycles. The number of rotatable bonds is 4. The van der Waals surface area contributed by atoms with Gasteiger partial charge in [-0.25, -0.2) is 0 Å². The maximum atomic E-state index is 12.3. The molecule has 2 rings (SSSR count). The van der Waals surface area contributed by atoms with Crippen LogP contribution in [0, 0.1) is 5.41 Å². The maximum absolute atomic E-state index is 12.3. The first-order valence-electron chi connectivity index (χ1n) is 6.97. The molecule has 1 N–H and O–H groups in total. The fourth-order valence-corrected chi connectivity index (χ4v) is 3.48. The Labute approximate surface area is 133 Å². The fraction of sp³-hybridized carbons (Fsp3) is 0.600. The Balaban J connectivity index is 2.11. The summed E-state index contributed by atoms with van der Waals surface area (Å²) in [6.45, 7) is 1.55. The number of alkyl halides is 2. The van der Waals surface area contributed by atoms with Crippen LogP contribution in [0.1, 0.15) is 39.5 Å². The second-order valence-corrected chi connectivity index (χ2v) is 7.06. The molecule has 1 atom stereocenters. The molecule has 0 spiro atoms. The van der Waals surface area contributed by atoms with Crippen LogP contribution in [0.4, 0.5) is 14.5 Å².